The zero-order valence-electron chi connectivity index (χ0n) is 12.6. The van der Waals surface area contributed by atoms with Gasteiger partial charge in [0.1, 0.15) is 5.75 Å². The van der Waals surface area contributed by atoms with Gasteiger partial charge in [0.15, 0.2) is 6.61 Å². The van der Waals surface area contributed by atoms with Crippen molar-refractivity contribution in [2.24, 2.45) is 5.73 Å². The fraction of sp³-hybridized carbons (Fsp3) is 0.562. The summed E-state index contributed by atoms with van der Waals surface area (Å²) in [4.78, 5) is 14.0. The van der Waals surface area contributed by atoms with Crippen molar-refractivity contribution < 1.29 is 9.53 Å². The highest BCUT2D eigenvalue weighted by atomic mass is 16.5. The zero-order chi connectivity index (χ0) is 14.7. The second-order valence-corrected chi connectivity index (χ2v) is 5.76. The average Bonchev–Trinajstić information content (AvgIpc) is 2.37. The summed E-state index contributed by atoms with van der Waals surface area (Å²) in [6.45, 7) is 7.62. The van der Waals surface area contributed by atoms with Gasteiger partial charge < -0.3 is 15.4 Å². The summed E-state index contributed by atoms with van der Waals surface area (Å²) in [5.41, 5.74) is 9.26. The van der Waals surface area contributed by atoms with Gasteiger partial charge in [-0.2, -0.15) is 0 Å². The lowest BCUT2D eigenvalue weighted by Crippen LogP contribution is -2.47. The fourth-order valence-electron chi connectivity index (χ4n) is 2.86. The third kappa shape index (κ3) is 3.51. The summed E-state index contributed by atoms with van der Waals surface area (Å²) < 4.78 is 5.74. The number of piperidine rings is 1. The number of aryl methyl sites for hydroxylation is 3. The first-order valence-corrected chi connectivity index (χ1v) is 7.21. The molecule has 2 N–H and O–H groups in total. The van der Waals surface area contributed by atoms with Gasteiger partial charge in [0.25, 0.3) is 5.91 Å². The zero-order valence-corrected chi connectivity index (χ0v) is 12.6. The van der Waals surface area contributed by atoms with E-state index in [1.165, 1.54) is 5.56 Å². The van der Waals surface area contributed by atoms with E-state index in [4.69, 9.17) is 10.5 Å². The van der Waals surface area contributed by atoms with Crippen LogP contribution in [0, 0.1) is 20.8 Å². The summed E-state index contributed by atoms with van der Waals surface area (Å²) >= 11 is 0. The van der Waals surface area contributed by atoms with Crippen molar-refractivity contribution in [3.8, 4) is 5.75 Å². The summed E-state index contributed by atoms with van der Waals surface area (Å²) in [7, 11) is 0. The molecule has 20 heavy (non-hydrogen) atoms. The Morgan fingerprint density at radius 1 is 1.35 bits per heavy atom. The lowest BCUT2D eigenvalue weighted by Gasteiger charge is -2.30. The van der Waals surface area contributed by atoms with Crippen molar-refractivity contribution in [2.45, 2.75) is 39.7 Å². The standard InChI is InChI=1S/C16H24N2O2/c1-11-7-12(2)16(13(3)8-11)20-10-15(19)18-6-4-5-14(17)9-18/h7-8,14H,4-6,9-10,17H2,1-3H3/t14-/m0/s1. The second-order valence-electron chi connectivity index (χ2n) is 5.76. The van der Waals surface area contributed by atoms with Crippen LogP contribution in [-0.2, 0) is 4.79 Å². The fourth-order valence-corrected chi connectivity index (χ4v) is 2.86. The molecule has 4 nitrogen and oxygen atoms in total. The molecule has 0 saturated carbocycles. The first-order chi connectivity index (χ1) is 9.47. The first kappa shape index (κ1) is 14.9. The van der Waals surface area contributed by atoms with Gasteiger partial charge in [-0.15, -0.1) is 0 Å². The number of nitrogens with zero attached hydrogens (tertiary/aromatic N) is 1. The van der Waals surface area contributed by atoms with Crippen LogP contribution in [0.25, 0.3) is 0 Å². The number of ether oxygens (including phenoxy) is 1. The minimum atomic E-state index is 0.0273. The number of nitrogens with two attached hydrogens (primary N) is 1. The number of hydrogen-bond acceptors (Lipinski definition) is 3. The van der Waals surface area contributed by atoms with Gasteiger partial charge in [0, 0.05) is 19.1 Å². The van der Waals surface area contributed by atoms with E-state index < -0.39 is 0 Å². The molecule has 110 valence electrons. The monoisotopic (exact) mass is 276 g/mol. The third-order valence-corrected chi connectivity index (χ3v) is 3.76. The molecular formula is C16H24N2O2. The molecule has 1 atom stereocenters. The Balaban J connectivity index is 1.96. The molecule has 2 rings (SSSR count). The van der Waals surface area contributed by atoms with E-state index in [0.29, 0.717) is 6.54 Å². The topological polar surface area (TPSA) is 55.6 Å². The highest BCUT2D eigenvalue weighted by Gasteiger charge is 2.21. The van der Waals surface area contributed by atoms with E-state index in [9.17, 15) is 4.79 Å². The van der Waals surface area contributed by atoms with Crippen LogP contribution in [0.1, 0.15) is 29.5 Å². The predicted molar refractivity (Wildman–Crippen MR) is 79.9 cm³/mol. The molecule has 1 aliphatic heterocycles. The van der Waals surface area contributed by atoms with E-state index >= 15 is 0 Å². The molecule has 1 amide bonds. The van der Waals surface area contributed by atoms with E-state index in [1.807, 2.05) is 18.7 Å². The lowest BCUT2D eigenvalue weighted by atomic mass is 10.1. The minimum Gasteiger partial charge on any atom is -0.483 e. The van der Waals surface area contributed by atoms with Gasteiger partial charge in [-0.25, -0.2) is 0 Å². The predicted octanol–water partition coefficient (Wildman–Crippen LogP) is 1.94. The SMILES string of the molecule is Cc1cc(C)c(OCC(=O)N2CCC[C@H](N)C2)c(C)c1. The van der Waals surface area contributed by atoms with Gasteiger partial charge in [-0.3, -0.25) is 4.79 Å². The Morgan fingerprint density at radius 3 is 2.60 bits per heavy atom. The molecular weight excluding hydrogens is 252 g/mol. The van der Waals surface area contributed by atoms with E-state index in [-0.39, 0.29) is 18.6 Å². The van der Waals surface area contributed by atoms with Crippen LogP contribution in [0.2, 0.25) is 0 Å². The van der Waals surface area contributed by atoms with Gasteiger partial charge >= 0.3 is 0 Å². The highest BCUT2D eigenvalue weighted by Crippen LogP contribution is 2.24. The normalized spacial score (nSPS) is 19.0. The number of benzene rings is 1. The molecule has 1 aliphatic rings. The summed E-state index contributed by atoms with van der Waals surface area (Å²) in [5, 5.41) is 0. The van der Waals surface area contributed by atoms with Crippen LogP contribution in [0.3, 0.4) is 0 Å². The number of likely N-dealkylation sites (tertiary alicyclic amines) is 1. The number of hydrogen-bond donors (Lipinski definition) is 1. The largest absolute Gasteiger partial charge is 0.483 e. The smallest absolute Gasteiger partial charge is 0.260 e. The molecule has 1 aromatic carbocycles. The lowest BCUT2D eigenvalue weighted by molar-refractivity contribution is -0.134. The third-order valence-electron chi connectivity index (χ3n) is 3.76. The van der Waals surface area contributed by atoms with Gasteiger partial charge in [0.05, 0.1) is 0 Å². The Hall–Kier alpha value is -1.55. The number of carbonyl (C=O) groups is 1. The van der Waals surface area contributed by atoms with E-state index in [2.05, 4.69) is 19.1 Å². The quantitative estimate of drug-likeness (QED) is 0.918. The van der Waals surface area contributed by atoms with Crippen LogP contribution < -0.4 is 10.5 Å². The van der Waals surface area contributed by atoms with Crippen molar-refractivity contribution in [3.05, 3.63) is 28.8 Å². The highest BCUT2D eigenvalue weighted by molar-refractivity contribution is 5.78. The van der Waals surface area contributed by atoms with Gasteiger partial charge in [-0.05, 0) is 44.7 Å². The van der Waals surface area contributed by atoms with Crippen LogP contribution in [0.15, 0.2) is 12.1 Å². The van der Waals surface area contributed by atoms with Crippen molar-refractivity contribution in [3.63, 3.8) is 0 Å². The summed E-state index contributed by atoms with van der Waals surface area (Å²) in [6.07, 6.45) is 1.98. The van der Waals surface area contributed by atoms with Crippen molar-refractivity contribution in [2.75, 3.05) is 19.7 Å². The molecule has 0 spiro atoms. The van der Waals surface area contributed by atoms with Crippen molar-refractivity contribution >= 4 is 5.91 Å². The number of carbonyl (C=O) groups excluding carboxylic acids is 1. The molecule has 0 aliphatic carbocycles. The molecule has 1 aromatic rings. The van der Waals surface area contributed by atoms with Crippen LogP contribution in [0.5, 0.6) is 5.75 Å². The maximum atomic E-state index is 12.2. The molecule has 1 saturated heterocycles. The van der Waals surface area contributed by atoms with Crippen LogP contribution in [-0.4, -0.2) is 36.5 Å². The summed E-state index contributed by atoms with van der Waals surface area (Å²) in [5.74, 6) is 0.852. The molecule has 0 unspecified atom stereocenters. The maximum Gasteiger partial charge on any atom is 0.260 e. The number of amides is 1. The Bertz CT molecular complexity index is 476. The molecule has 0 aromatic heterocycles. The minimum absolute atomic E-state index is 0.0273. The van der Waals surface area contributed by atoms with E-state index in [1.54, 1.807) is 0 Å². The molecule has 0 bridgehead atoms. The van der Waals surface area contributed by atoms with Crippen molar-refractivity contribution in [1.82, 2.24) is 4.90 Å². The van der Waals surface area contributed by atoms with Crippen LogP contribution >= 0.6 is 0 Å². The Labute approximate surface area is 120 Å². The van der Waals surface area contributed by atoms with Gasteiger partial charge in [0.2, 0.25) is 0 Å². The Morgan fingerprint density at radius 2 is 2.00 bits per heavy atom. The molecule has 1 heterocycles. The molecule has 4 heteroatoms. The summed E-state index contributed by atoms with van der Waals surface area (Å²) in [6, 6.07) is 4.25. The van der Waals surface area contributed by atoms with Crippen LogP contribution in [0.4, 0.5) is 0 Å². The second kappa shape index (κ2) is 6.27. The first-order valence-electron chi connectivity index (χ1n) is 7.21. The van der Waals surface area contributed by atoms with E-state index in [0.717, 1.165) is 36.3 Å². The van der Waals surface area contributed by atoms with Crippen molar-refractivity contribution in [1.29, 1.82) is 0 Å². The number of rotatable bonds is 3. The van der Waals surface area contributed by atoms with Gasteiger partial charge in [-0.1, -0.05) is 17.7 Å². The molecule has 1 fully saturated rings. The maximum absolute atomic E-state index is 12.2. The molecule has 0 radical (unpaired) electrons. The average molecular weight is 276 g/mol. The Kier molecular flexibility index (Phi) is 4.65.